The fraction of sp³-hybridized carbons (Fsp3) is 1.00. The van der Waals surface area contributed by atoms with Gasteiger partial charge in [-0.15, -0.1) is 0 Å². The first-order chi connectivity index (χ1) is 9.93. The van der Waals surface area contributed by atoms with Crippen LogP contribution in [0.5, 0.6) is 0 Å². The van der Waals surface area contributed by atoms with Crippen LogP contribution in [0, 0.1) is 11.8 Å². The van der Waals surface area contributed by atoms with Gasteiger partial charge in [0, 0.05) is 12.1 Å². The number of rotatable bonds is 0. The summed E-state index contributed by atoms with van der Waals surface area (Å²) in [5.41, 5.74) is 0. The zero-order valence-corrected chi connectivity index (χ0v) is 13.2. The molecule has 4 fully saturated rings. The van der Waals surface area contributed by atoms with Crippen LogP contribution in [0.25, 0.3) is 0 Å². The van der Waals surface area contributed by atoms with Crippen LogP contribution in [0.1, 0.15) is 77.0 Å². The molecule has 124 valence electrons. The normalized spacial score (nSPS) is 38.9. The highest BCUT2D eigenvalue weighted by molar-refractivity contribution is 5.75. The van der Waals surface area contributed by atoms with Crippen molar-refractivity contribution in [3.63, 3.8) is 0 Å². The second-order valence-corrected chi connectivity index (χ2v) is 7.49. The molecule has 0 aromatic heterocycles. The molecule has 0 spiro atoms. The van der Waals surface area contributed by atoms with Gasteiger partial charge in [-0.05, 0) is 87.3 Å². The maximum Gasteiger partial charge on any atom is 0.00953 e. The van der Waals surface area contributed by atoms with Crippen molar-refractivity contribution in [2.45, 2.75) is 89.1 Å². The van der Waals surface area contributed by atoms with Gasteiger partial charge >= 0.3 is 0 Å². The first-order valence-corrected chi connectivity index (χ1v) is 9.40. The fourth-order valence-electron chi connectivity index (χ4n) is 4.95. The monoisotopic (exact) mass is 310 g/mol. The molecule has 0 aromatic rings. The minimum absolute atomic E-state index is 0. The second-order valence-electron chi connectivity index (χ2n) is 7.49. The van der Waals surface area contributed by atoms with Gasteiger partial charge in [-0.25, -0.2) is 0 Å². The zero-order valence-electron chi connectivity index (χ0n) is 13.2. The highest BCUT2D eigenvalue weighted by Crippen LogP contribution is 2.30. The lowest BCUT2D eigenvalue weighted by atomic mass is 9.80. The van der Waals surface area contributed by atoms with Gasteiger partial charge < -0.3 is 10.6 Å². The Morgan fingerprint density at radius 1 is 0.476 bits per heavy atom. The van der Waals surface area contributed by atoms with Gasteiger partial charge in [0.2, 0.25) is 0 Å². The molecular formula is C18H38N2Si. The minimum Gasteiger partial charge on any atom is -0.314 e. The number of hydrogen-bond donors (Lipinski definition) is 2. The van der Waals surface area contributed by atoms with Crippen molar-refractivity contribution >= 4 is 11.0 Å². The number of nitrogens with one attached hydrogen (secondary N) is 2. The maximum atomic E-state index is 3.62. The Balaban J connectivity index is 0.000000147. The molecule has 0 bridgehead atoms. The molecule has 0 radical (unpaired) electrons. The quantitative estimate of drug-likeness (QED) is 0.672. The predicted octanol–water partition coefficient (Wildman–Crippen LogP) is 2.41. The first-order valence-electron chi connectivity index (χ1n) is 9.40. The Labute approximate surface area is 136 Å². The van der Waals surface area contributed by atoms with E-state index in [0.717, 1.165) is 23.9 Å². The van der Waals surface area contributed by atoms with Crippen molar-refractivity contribution in [3.05, 3.63) is 0 Å². The maximum absolute atomic E-state index is 3.62. The number of piperidine rings is 2. The van der Waals surface area contributed by atoms with Crippen LogP contribution < -0.4 is 10.6 Å². The lowest BCUT2D eigenvalue weighted by Crippen LogP contribution is -2.42. The lowest BCUT2D eigenvalue weighted by molar-refractivity contribution is 0.212. The summed E-state index contributed by atoms with van der Waals surface area (Å²) in [6.07, 6.45) is 17.6. The van der Waals surface area contributed by atoms with Gasteiger partial charge in [0.1, 0.15) is 0 Å². The van der Waals surface area contributed by atoms with Crippen molar-refractivity contribution in [2.75, 3.05) is 13.1 Å². The summed E-state index contributed by atoms with van der Waals surface area (Å²) in [4.78, 5) is 0. The third-order valence-electron chi connectivity index (χ3n) is 6.13. The first kappa shape index (κ1) is 17.5. The van der Waals surface area contributed by atoms with E-state index in [4.69, 9.17) is 0 Å². The van der Waals surface area contributed by atoms with E-state index in [9.17, 15) is 0 Å². The molecule has 3 heteroatoms. The van der Waals surface area contributed by atoms with Crippen LogP contribution in [-0.2, 0) is 0 Å². The summed E-state index contributed by atoms with van der Waals surface area (Å²) >= 11 is 0. The summed E-state index contributed by atoms with van der Waals surface area (Å²) in [6.45, 7) is 2.56. The summed E-state index contributed by atoms with van der Waals surface area (Å²) in [7, 11) is 0. The van der Waals surface area contributed by atoms with Crippen LogP contribution >= 0.6 is 0 Å². The number of fused-ring (bicyclic) bond motifs is 2. The van der Waals surface area contributed by atoms with Crippen molar-refractivity contribution in [2.24, 2.45) is 11.8 Å². The topological polar surface area (TPSA) is 24.1 Å². The molecular weight excluding hydrogens is 272 g/mol. The third kappa shape index (κ3) is 5.07. The smallest absolute Gasteiger partial charge is 0.00953 e. The Morgan fingerprint density at radius 2 is 0.857 bits per heavy atom. The molecule has 2 heterocycles. The third-order valence-corrected chi connectivity index (χ3v) is 6.13. The van der Waals surface area contributed by atoms with Gasteiger partial charge in [0.25, 0.3) is 0 Å². The Kier molecular flexibility index (Phi) is 7.76. The van der Waals surface area contributed by atoms with E-state index in [0.29, 0.717) is 0 Å². The largest absolute Gasteiger partial charge is 0.314 e. The average Bonchev–Trinajstić information content (AvgIpc) is 2.56. The van der Waals surface area contributed by atoms with Crippen molar-refractivity contribution in [1.29, 1.82) is 0 Å². The SMILES string of the molecule is C1CCC2NCCCC2C1.C1CCC2NCCCC2C1.[SiH4]. The molecule has 4 rings (SSSR count). The zero-order chi connectivity index (χ0) is 13.6. The Morgan fingerprint density at radius 3 is 1.29 bits per heavy atom. The molecule has 4 unspecified atom stereocenters. The lowest BCUT2D eigenvalue weighted by Gasteiger charge is -2.36. The van der Waals surface area contributed by atoms with E-state index < -0.39 is 0 Å². The molecule has 4 aliphatic rings. The number of hydrogen-bond acceptors (Lipinski definition) is 2. The highest BCUT2D eigenvalue weighted by Gasteiger charge is 2.27. The summed E-state index contributed by atoms with van der Waals surface area (Å²) in [6, 6.07) is 1.81. The summed E-state index contributed by atoms with van der Waals surface area (Å²) in [5.74, 6) is 2.09. The predicted molar refractivity (Wildman–Crippen MR) is 97.3 cm³/mol. The standard InChI is InChI=1S/2C9H17N.H4Si/c2*1-2-6-9-8(4-1)5-3-7-10-9;/h2*8-10H,1-7H2;1H4. The Hall–Kier alpha value is 0.137. The molecule has 2 saturated heterocycles. The molecule has 21 heavy (non-hydrogen) atoms. The average molecular weight is 311 g/mol. The van der Waals surface area contributed by atoms with Gasteiger partial charge in [-0.2, -0.15) is 0 Å². The molecule has 0 amide bonds. The molecule has 2 nitrogen and oxygen atoms in total. The molecule has 2 aliphatic heterocycles. The van der Waals surface area contributed by atoms with E-state index >= 15 is 0 Å². The Bertz CT molecular complexity index is 204. The van der Waals surface area contributed by atoms with Crippen LogP contribution in [0.4, 0.5) is 0 Å². The molecule has 2 saturated carbocycles. The van der Waals surface area contributed by atoms with Crippen LogP contribution in [-0.4, -0.2) is 36.1 Å². The minimum atomic E-state index is 0. The molecule has 0 aromatic carbocycles. The van der Waals surface area contributed by atoms with E-state index in [1.165, 1.54) is 90.1 Å². The van der Waals surface area contributed by atoms with Crippen molar-refractivity contribution in [1.82, 2.24) is 10.6 Å². The summed E-state index contributed by atoms with van der Waals surface area (Å²) in [5, 5.41) is 7.24. The van der Waals surface area contributed by atoms with Gasteiger partial charge in [0.15, 0.2) is 0 Å². The van der Waals surface area contributed by atoms with Gasteiger partial charge in [-0.3, -0.25) is 0 Å². The van der Waals surface area contributed by atoms with Crippen LogP contribution in [0.15, 0.2) is 0 Å². The fourth-order valence-corrected chi connectivity index (χ4v) is 4.95. The van der Waals surface area contributed by atoms with Crippen LogP contribution in [0.3, 0.4) is 0 Å². The molecule has 4 atom stereocenters. The molecule has 2 N–H and O–H groups in total. The molecule has 2 aliphatic carbocycles. The van der Waals surface area contributed by atoms with E-state index in [1.807, 2.05) is 0 Å². The van der Waals surface area contributed by atoms with E-state index in [2.05, 4.69) is 10.6 Å². The van der Waals surface area contributed by atoms with E-state index in [1.54, 1.807) is 0 Å². The van der Waals surface area contributed by atoms with Crippen molar-refractivity contribution in [3.8, 4) is 0 Å². The van der Waals surface area contributed by atoms with Crippen LogP contribution in [0.2, 0.25) is 0 Å². The highest BCUT2D eigenvalue weighted by atomic mass is 28.1. The van der Waals surface area contributed by atoms with Gasteiger partial charge in [0.05, 0.1) is 0 Å². The van der Waals surface area contributed by atoms with Gasteiger partial charge in [-0.1, -0.05) is 25.7 Å². The second kappa shape index (κ2) is 9.31. The van der Waals surface area contributed by atoms with Crippen molar-refractivity contribution < 1.29 is 0 Å². The summed E-state index contributed by atoms with van der Waals surface area (Å²) < 4.78 is 0. The van der Waals surface area contributed by atoms with E-state index in [-0.39, 0.29) is 11.0 Å².